The molecule has 0 radical (unpaired) electrons. The molecule has 3 aromatic rings. The number of amides is 1. The van der Waals surface area contributed by atoms with E-state index in [1.54, 1.807) is 29.8 Å². The molecule has 0 aliphatic heterocycles. The second-order valence-electron chi connectivity index (χ2n) is 4.82. The number of hydrogen-bond donors (Lipinski definition) is 3. The number of hydrogen-bond acceptors (Lipinski definition) is 6. The van der Waals surface area contributed by atoms with E-state index in [1.807, 2.05) is 0 Å². The number of thiazole rings is 1. The quantitative estimate of drug-likeness (QED) is 0.628. The number of halogens is 1. The van der Waals surface area contributed by atoms with Crippen molar-refractivity contribution in [2.75, 3.05) is 5.73 Å². The fourth-order valence-corrected chi connectivity index (χ4v) is 3.49. The number of nitrogens with one attached hydrogen (secondary N) is 2. The number of nitrogens with zero attached hydrogens (tertiary/aromatic N) is 3. The van der Waals surface area contributed by atoms with Gasteiger partial charge in [-0.1, -0.05) is 29.0 Å². The van der Waals surface area contributed by atoms with Crippen molar-refractivity contribution in [2.45, 2.75) is 6.54 Å². The van der Waals surface area contributed by atoms with Crippen molar-refractivity contribution in [3.8, 4) is 0 Å². The summed E-state index contributed by atoms with van der Waals surface area (Å²) >= 11 is 7.16. The molecular weight excluding hydrogens is 336 g/mol. The van der Waals surface area contributed by atoms with E-state index in [0.29, 0.717) is 32.9 Å². The van der Waals surface area contributed by atoms with Crippen LogP contribution in [-0.4, -0.2) is 26.7 Å². The standard InChI is InChI=1S/C14H13ClN6OS/c1-21-10(8(5-16)11-12(21)20-14(15)23-11)13(22)18-6-7-3-2-4-9(17)19-7/h2-5,16H,6H2,1H3,(H2,17,19)(H,18,22). The van der Waals surface area contributed by atoms with Crippen LogP contribution in [0.15, 0.2) is 18.2 Å². The highest BCUT2D eigenvalue weighted by atomic mass is 35.5. The molecule has 9 heteroatoms. The summed E-state index contributed by atoms with van der Waals surface area (Å²) < 4.78 is 2.74. The Kier molecular flexibility index (Phi) is 4.01. The maximum absolute atomic E-state index is 12.5. The van der Waals surface area contributed by atoms with Gasteiger partial charge in [0.15, 0.2) is 10.1 Å². The molecule has 0 fully saturated rings. The Bertz CT molecular complexity index is 916. The van der Waals surface area contributed by atoms with Gasteiger partial charge in [0.1, 0.15) is 11.5 Å². The van der Waals surface area contributed by atoms with Crippen LogP contribution in [0.1, 0.15) is 21.7 Å². The lowest BCUT2D eigenvalue weighted by atomic mass is 10.2. The predicted octanol–water partition coefficient (Wildman–Crippen LogP) is 2.19. The van der Waals surface area contributed by atoms with Crippen molar-refractivity contribution >= 4 is 51.2 Å². The first-order valence-corrected chi connectivity index (χ1v) is 7.85. The van der Waals surface area contributed by atoms with Gasteiger partial charge in [0.2, 0.25) is 0 Å². The Hall–Kier alpha value is -2.45. The average Bonchev–Trinajstić information content (AvgIpc) is 3.01. The minimum atomic E-state index is -0.309. The molecule has 0 aliphatic carbocycles. The predicted molar refractivity (Wildman–Crippen MR) is 91.3 cm³/mol. The first kappa shape index (κ1) is 15.4. The lowest BCUT2D eigenvalue weighted by molar-refractivity contribution is 0.0942. The van der Waals surface area contributed by atoms with E-state index in [2.05, 4.69) is 15.3 Å². The molecule has 23 heavy (non-hydrogen) atoms. The molecule has 0 aliphatic rings. The van der Waals surface area contributed by atoms with Crippen molar-refractivity contribution in [3.05, 3.63) is 39.6 Å². The SMILES string of the molecule is Cn1c(C(=O)NCc2cccc(N)n2)c(C=N)c2sc(Cl)nc21. The Morgan fingerprint density at radius 3 is 3.00 bits per heavy atom. The molecular formula is C14H13ClN6OS. The Morgan fingerprint density at radius 2 is 2.30 bits per heavy atom. The van der Waals surface area contributed by atoms with Gasteiger partial charge in [0, 0.05) is 18.8 Å². The van der Waals surface area contributed by atoms with Gasteiger partial charge in [-0.2, -0.15) is 0 Å². The number of aromatic nitrogens is 3. The van der Waals surface area contributed by atoms with Crippen molar-refractivity contribution in [3.63, 3.8) is 0 Å². The molecule has 0 atom stereocenters. The molecule has 0 aromatic carbocycles. The molecule has 7 nitrogen and oxygen atoms in total. The number of pyridine rings is 1. The van der Waals surface area contributed by atoms with E-state index in [-0.39, 0.29) is 12.5 Å². The molecule has 0 saturated carbocycles. The minimum absolute atomic E-state index is 0.244. The van der Waals surface area contributed by atoms with Crippen molar-refractivity contribution < 1.29 is 4.79 Å². The van der Waals surface area contributed by atoms with Crippen LogP contribution in [-0.2, 0) is 13.6 Å². The second kappa shape index (κ2) is 5.98. The van der Waals surface area contributed by atoms with Crippen LogP contribution in [0.4, 0.5) is 5.82 Å². The third kappa shape index (κ3) is 2.78. The fraction of sp³-hybridized carbons (Fsp3) is 0.143. The molecule has 3 aromatic heterocycles. The third-order valence-electron chi connectivity index (χ3n) is 3.35. The number of anilines is 1. The summed E-state index contributed by atoms with van der Waals surface area (Å²) in [7, 11) is 1.72. The van der Waals surface area contributed by atoms with Crippen molar-refractivity contribution in [1.82, 2.24) is 19.9 Å². The number of carbonyl (C=O) groups is 1. The van der Waals surface area contributed by atoms with Crippen LogP contribution >= 0.6 is 22.9 Å². The summed E-state index contributed by atoms with van der Waals surface area (Å²) in [5.41, 5.74) is 7.74. The highest BCUT2D eigenvalue weighted by molar-refractivity contribution is 7.22. The monoisotopic (exact) mass is 348 g/mol. The highest BCUT2D eigenvalue weighted by Gasteiger charge is 2.22. The van der Waals surface area contributed by atoms with E-state index < -0.39 is 0 Å². The number of fused-ring (bicyclic) bond motifs is 1. The first-order chi connectivity index (χ1) is 11.0. The maximum Gasteiger partial charge on any atom is 0.269 e. The van der Waals surface area contributed by atoms with Gasteiger partial charge in [-0.3, -0.25) is 4.79 Å². The molecule has 4 N–H and O–H groups in total. The van der Waals surface area contributed by atoms with E-state index in [4.69, 9.17) is 22.7 Å². The first-order valence-electron chi connectivity index (χ1n) is 6.66. The molecule has 1 amide bonds. The lowest BCUT2D eigenvalue weighted by Crippen LogP contribution is -2.26. The van der Waals surface area contributed by atoms with Crippen LogP contribution in [0, 0.1) is 5.41 Å². The Labute approximate surface area is 140 Å². The van der Waals surface area contributed by atoms with Crippen LogP contribution in [0.5, 0.6) is 0 Å². The summed E-state index contributed by atoms with van der Waals surface area (Å²) in [6.45, 7) is 0.244. The Morgan fingerprint density at radius 1 is 1.52 bits per heavy atom. The van der Waals surface area contributed by atoms with Crippen LogP contribution < -0.4 is 11.1 Å². The summed E-state index contributed by atoms with van der Waals surface area (Å²) in [5, 5.41) is 10.4. The van der Waals surface area contributed by atoms with Crippen LogP contribution in [0.3, 0.4) is 0 Å². The topological polar surface area (TPSA) is 110 Å². The minimum Gasteiger partial charge on any atom is -0.384 e. The van der Waals surface area contributed by atoms with Gasteiger partial charge < -0.3 is 21.0 Å². The lowest BCUT2D eigenvalue weighted by Gasteiger charge is -2.07. The molecule has 3 heterocycles. The molecule has 0 bridgehead atoms. The third-order valence-corrected chi connectivity index (χ3v) is 4.54. The van der Waals surface area contributed by atoms with Crippen LogP contribution in [0.25, 0.3) is 10.3 Å². The van der Waals surface area contributed by atoms with Gasteiger partial charge >= 0.3 is 0 Å². The fourth-order valence-electron chi connectivity index (χ4n) is 2.34. The van der Waals surface area contributed by atoms with Crippen molar-refractivity contribution in [2.24, 2.45) is 7.05 Å². The van der Waals surface area contributed by atoms with E-state index >= 15 is 0 Å². The van der Waals surface area contributed by atoms with Gasteiger partial charge in [-0.25, -0.2) is 9.97 Å². The number of aryl methyl sites for hydroxylation is 1. The normalized spacial score (nSPS) is 10.9. The summed E-state index contributed by atoms with van der Waals surface area (Å²) in [6.07, 6.45) is 1.14. The highest BCUT2D eigenvalue weighted by Crippen LogP contribution is 2.31. The number of nitrogen functional groups attached to an aromatic ring is 1. The van der Waals surface area contributed by atoms with Crippen molar-refractivity contribution in [1.29, 1.82) is 5.41 Å². The summed E-state index contributed by atoms with van der Waals surface area (Å²) in [4.78, 5) is 20.8. The molecule has 118 valence electrons. The Balaban J connectivity index is 1.90. The smallest absolute Gasteiger partial charge is 0.269 e. The number of nitrogens with two attached hydrogens (primary N) is 1. The molecule has 0 saturated heterocycles. The largest absolute Gasteiger partial charge is 0.384 e. The average molecular weight is 349 g/mol. The summed E-state index contributed by atoms with van der Waals surface area (Å²) in [5.74, 6) is 0.0895. The molecule has 0 unspecified atom stereocenters. The van der Waals surface area contributed by atoms with Crippen LogP contribution in [0.2, 0.25) is 4.47 Å². The zero-order valence-electron chi connectivity index (χ0n) is 12.1. The number of carbonyl (C=O) groups excluding carboxylic acids is 1. The second-order valence-corrected chi connectivity index (χ2v) is 6.40. The van der Waals surface area contributed by atoms with E-state index in [9.17, 15) is 4.79 Å². The van der Waals surface area contributed by atoms with Gasteiger partial charge in [-0.05, 0) is 12.1 Å². The van der Waals surface area contributed by atoms with Gasteiger partial charge in [0.05, 0.1) is 16.9 Å². The van der Waals surface area contributed by atoms with Gasteiger partial charge in [-0.15, -0.1) is 0 Å². The molecule has 0 spiro atoms. The zero-order chi connectivity index (χ0) is 16.6. The summed E-state index contributed by atoms with van der Waals surface area (Å²) in [6, 6.07) is 5.23. The van der Waals surface area contributed by atoms with Gasteiger partial charge in [0.25, 0.3) is 5.91 Å². The maximum atomic E-state index is 12.5. The number of rotatable bonds is 4. The molecule has 3 rings (SSSR count). The zero-order valence-corrected chi connectivity index (χ0v) is 13.7. The van der Waals surface area contributed by atoms with E-state index in [1.165, 1.54) is 11.3 Å². The van der Waals surface area contributed by atoms with E-state index in [0.717, 1.165) is 10.9 Å².